The molecule has 4 aliphatic heterocycles. The average Bonchev–Trinajstić information content (AvgIpc) is 3.68. The molecule has 0 saturated carbocycles. The number of benzene rings is 2. The SMILES string of the molecule is Cc1c(N2C(=O)CS[C@@]23C(=O)N(CN2CCC4(CC2)OCCO4)c2ccccc23)c(=O)n(-c2ccccc2)n1C. The molecule has 5 heterocycles. The van der Waals surface area contributed by atoms with Gasteiger partial charge in [-0.15, -0.1) is 11.8 Å². The van der Waals surface area contributed by atoms with E-state index in [9.17, 15) is 14.4 Å². The first kappa shape index (κ1) is 25.6. The molecule has 4 aliphatic rings. The van der Waals surface area contributed by atoms with Crippen molar-refractivity contribution >= 4 is 35.0 Å². The van der Waals surface area contributed by atoms with Gasteiger partial charge in [0.1, 0.15) is 5.69 Å². The van der Waals surface area contributed by atoms with Crippen LogP contribution in [0, 0.1) is 6.92 Å². The predicted octanol–water partition coefficient (Wildman–Crippen LogP) is 2.56. The monoisotopic (exact) mass is 561 g/mol. The average molecular weight is 562 g/mol. The van der Waals surface area contributed by atoms with Crippen molar-refractivity contribution in [1.82, 2.24) is 14.3 Å². The summed E-state index contributed by atoms with van der Waals surface area (Å²) < 4.78 is 15.1. The topological polar surface area (TPSA) is 89.3 Å². The minimum Gasteiger partial charge on any atom is -0.347 e. The molecule has 2 amide bonds. The third-order valence-corrected chi connectivity index (χ3v) is 9.97. The first-order valence-electron chi connectivity index (χ1n) is 13.6. The van der Waals surface area contributed by atoms with Crippen LogP contribution in [0.25, 0.3) is 5.69 Å². The number of nitrogens with zero attached hydrogens (tertiary/aromatic N) is 5. The molecule has 0 N–H and O–H groups in total. The molecule has 0 radical (unpaired) electrons. The zero-order valence-corrected chi connectivity index (χ0v) is 23.4. The van der Waals surface area contributed by atoms with E-state index in [1.165, 1.54) is 16.7 Å². The van der Waals surface area contributed by atoms with Crippen LogP contribution in [0.2, 0.25) is 0 Å². The van der Waals surface area contributed by atoms with Gasteiger partial charge in [0.25, 0.3) is 11.5 Å². The summed E-state index contributed by atoms with van der Waals surface area (Å²) in [5, 5.41) is 0. The summed E-state index contributed by atoms with van der Waals surface area (Å²) in [4.78, 5) is 46.3. The highest BCUT2D eigenvalue weighted by atomic mass is 32.2. The van der Waals surface area contributed by atoms with E-state index in [2.05, 4.69) is 4.90 Å². The van der Waals surface area contributed by atoms with Crippen LogP contribution in [0.15, 0.2) is 59.4 Å². The third-order valence-electron chi connectivity index (χ3n) is 8.58. The summed E-state index contributed by atoms with van der Waals surface area (Å²) in [5.41, 5.74) is 2.72. The van der Waals surface area contributed by atoms with Gasteiger partial charge in [0.15, 0.2) is 5.79 Å². The Morgan fingerprint density at radius 3 is 2.33 bits per heavy atom. The summed E-state index contributed by atoms with van der Waals surface area (Å²) >= 11 is 1.29. The maximum atomic E-state index is 14.5. The van der Waals surface area contributed by atoms with E-state index in [0.29, 0.717) is 31.3 Å². The van der Waals surface area contributed by atoms with E-state index in [-0.39, 0.29) is 28.8 Å². The number of hydrogen-bond acceptors (Lipinski definition) is 7. The quantitative estimate of drug-likeness (QED) is 0.484. The van der Waals surface area contributed by atoms with Crippen LogP contribution < -0.4 is 15.4 Å². The summed E-state index contributed by atoms with van der Waals surface area (Å²) in [6.07, 6.45) is 1.48. The van der Waals surface area contributed by atoms with Gasteiger partial charge < -0.3 is 9.47 Å². The van der Waals surface area contributed by atoms with Gasteiger partial charge in [0.2, 0.25) is 10.8 Å². The lowest BCUT2D eigenvalue weighted by atomic mass is 10.0. The number of para-hydroxylation sites is 2. The third kappa shape index (κ3) is 3.58. The Morgan fingerprint density at radius 2 is 1.60 bits per heavy atom. The van der Waals surface area contributed by atoms with Gasteiger partial charge in [-0.25, -0.2) is 4.68 Å². The molecule has 3 aromatic rings. The van der Waals surface area contributed by atoms with Gasteiger partial charge in [0.05, 0.1) is 42.7 Å². The molecule has 7 rings (SSSR count). The number of hydrogen-bond donors (Lipinski definition) is 0. The highest BCUT2D eigenvalue weighted by Crippen LogP contribution is 2.55. The largest absolute Gasteiger partial charge is 0.347 e. The minimum absolute atomic E-state index is 0.105. The van der Waals surface area contributed by atoms with Crippen molar-refractivity contribution in [1.29, 1.82) is 0 Å². The van der Waals surface area contributed by atoms with E-state index < -0.39 is 10.7 Å². The van der Waals surface area contributed by atoms with Crippen molar-refractivity contribution in [3.05, 3.63) is 76.2 Å². The second kappa shape index (κ2) is 9.34. The minimum atomic E-state index is -1.35. The van der Waals surface area contributed by atoms with Crippen LogP contribution in [0.5, 0.6) is 0 Å². The van der Waals surface area contributed by atoms with Crippen LogP contribution in [-0.4, -0.2) is 70.6 Å². The van der Waals surface area contributed by atoms with Crippen LogP contribution in [0.1, 0.15) is 24.1 Å². The number of likely N-dealkylation sites (tertiary alicyclic amines) is 1. The molecule has 11 heteroatoms. The van der Waals surface area contributed by atoms with E-state index in [0.717, 1.165) is 37.2 Å². The number of aromatic nitrogens is 2. The second-order valence-electron chi connectivity index (χ2n) is 10.7. The Bertz CT molecular complexity index is 1550. The molecule has 208 valence electrons. The first-order valence-corrected chi connectivity index (χ1v) is 14.6. The van der Waals surface area contributed by atoms with E-state index in [1.807, 2.05) is 61.5 Å². The van der Waals surface area contributed by atoms with E-state index in [1.54, 1.807) is 21.3 Å². The molecule has 10 nitrogen and oxygen atoms in total. The van der Waals surface area contributed by atoms with Crippen molar-refractivity contribution in [3.8, 4) is 5.69 Å². The Morgan fingerprint density at radius 1 is 0.925 bits per heavy atom. The maximum absolute atomic E-state index is 14.5. The molecular formula is C29H31N5O5S. The molecule has 3 fully saturated rings. The first-order chi connectivity index (χ1) is 19.4. The van der Waals surface area contributed by atoms with E-state index >= 15 is 0 Å². The van der Waals surface area contributed by atoms with Crippen LogP contribution in [0.3, 0.4) is 0 Å². The highest BCUT2D eigenvalue weighted by Gasteiger charge is 2.62. The molecule has 0 bridgehead atoms. The smallest absolute Gasteiger partial charge is 0.295 e. The van der Waals surface area contributed by atoms with Gasteiger partial charge in [-0.1, -0.05) is 36.4 Å². The second-order valence-corrected chi connectivity index (χ2v) is 11.9. The Labute approximate surface area is 236 Å². The number of carbonyl (C=O) groups excluding carboxylic acids is 2. The van der Waals surface area contributed by atoms with Crippen LogP contribution >= 0.6 is 11.8 Å². The molecule has 0 unspecified atom stereocenters. The van der Waals surface area contributed by atoms with Crippen molar-refractivity contribution in [2.24, 2.45) is 7.05 Å². The van der Waals surface area contributed by atoms with Crippen molar-refractivity contribution < 1.29 is 19.1 Å². The number of ether oxygens (including phenoxy) is 2. The Kier molecular flexibility index (Phi) is 5.97. The molecule has 3 saturated heterocycles. The fraction of sp³-hybridized carbons (Fsp3) is 0.414. The number of thioether (sulfide) groups is 1. The summed E-state index contributed by atoms with van der Waals surface area (Å²) in [6.45, 7) is 4.90. The molecule has 2 aromatic carbocycles. The normalized spacial score (nSPS) is 24.1. The number of rotatable bonds is 4. The van der Waals surface area contributed by atoms with E-state index in [4.69, 9.17) is 9.47 Å². The summed E-state index contributed by atoms with van der Waals surface area (Å²) in [6, 6.07) is 17.0. The zero-order chi connectivity index (χ0) is 27.6. The maximum Gasteiger partial charge on any atom is 0.295 e. The highest BCUT2D eigenvalue weighted by molar-refractivity contribution is 8.02. The lowest BCUT2D eigenvalue weighted by Crippen LogP contribution is -2.54. The van der Waals surface area contributed by atoms with Gasteiger partial charge in [0, 0.05) is 38.5 Å². The molecule has 1 aromatic heterocycles. The molecule has 0 aliphatic carbocycles. The summed E-state index contributed by atoms with van der Waals surface area (Å²) in [5.74, 6) is -0.851. The van der Waals surface area contributed by atoms with Crippen LogP contribution in [-0.2, 0) is 31.0 Å². The number of carbonyl (C=O) groups is 2. The number of amides is 2. The zero-order valence-electron chi connectivity index (χ0n) is 22.5. The fourth-order valence-electron chi connectivity index (χ4n) is 6.48. The van der Waals surface area contributed by atoms with Gasteiger partial charge >= 0.3 is 0 Å². The van der Waals surface area contributed by atoms with Crippen molar-refractivity contribution in [2.75, 3.05) is 48.5 Å². The molecule has 40 heavy (non-hydrogen) atoms. The Balaban J connectivity index is 1.28. The summed E-state index contributed by atoms with van der Waals surface area (Å²) in [7, 11) is 1.80. The Hall–Kier alpha value is -3.38. The molecular weight excluding hydrogens is 530 g/mol. The number of fused-ring (bicyclic) bond motifs is 2. The van der Waals surface area contributed by atoms with Crippen LogP contribution in [0.4, 0.5) is 11.4 Å². The predicted molar refractivity (Wildman–Crippen MR) is 152 cm³/mol. The van der Waals surface area contributed by atoms with Gasteiger partial charge in [-0.05, 0) is 25.1 Å². The van der Waals surface area contributed by atoms with Crippen molar-refractivity contribution in [2.45, 2.75) is 30.4 Å². The van der Waals surface area contributed by atoms with Gasteiger partial charge in [-0.2, -0.15) is 0 Å². The molecule has 1 atom stereocenters. The lowest BCUT2D eigenvalue weighted by molar-refractivity contribution is -0.185. The molecule has 2 spiro atoms. The van der Waals surface area contributed by atoms with Gasteiger partial charge in [-0.3, -0.25) is 33.8 Å². The fourth-order valence-corrected chi connectivity index (χ4v) is 7.83. The number of anilines is 2. The number of piperidine rings is 1. The standard InChI is InChI=1S/C29H31N5O5S/c1-20-25(26(36)34(30(20)2)21-8-4-3-5-9-21)33-24(35)18-40-29(33)22-10-6-7-11-23(22)32(27(29)37)19-31-14-12-28(13-15-31)38-16-17-39-28/h3-11H,12-19H2,1-2H3/t29-/m0/s1. The lowest BCUT2D eigenvalue weighted by Gasteiger charge is -2.39. The van der Waals surface area contributed by atoms with Crippen molar-refractivity contribution in [3.63, 3.8) is 0 Å².